The number of imide groups is 1. The molecule has 0 saturated carbocycles. The lowest BCUT2D eigenvalue weighted by Gasteiger charge is -2.13. The zero-order valence-electron chi connectivity index (χ0n) is 10.9. The van der Waals surface area contributed by atoms with E-state index in [1.807, 2.05) is 6.92 Å². The first-order valence-corrected chi connectivity index (χ1v) is 6.36. The number of carbonyl (C=O) groups is 2. The van der Waals surface area contributed by atoms with Crippen LogP contribution in [0.2, 0.25) is 0 Å². The minimum absolute atomic E-state index is 0.242. The van der Waals surface area contributed by atoms with Crippen molar-refractivity contribution in [3.05, 3.63) is 35.4 Å². The second kappa shape index (κ2) is 6.45. The summed E-state index contributed by atoms with van der Waals surface area (Å²) in [5.41, 5.74) is 0.948. The predicted molar refractivity (Wildman–Crippen MR) is 69.1 cm³/mol. The third-order valence-corrected chi connectivity index (χ3v) is 2.91. The van der Waals surface area contributed by atoms with E-state index in [1.165, 1.54) is 4.90 Å². The molecule has 0 spiro atoms. The zero-order valence-corrected chi connectivity index (χ0v) is 10.9. The molecule has 1 heterocycles. The highest BCUT2D eigenvalue weighted by atomic mass is 16.5. The molecule has 1 aromatic carbocycles. The molecule has 0 unspecified atom stereocenters. The van der Waals surface area contributed by atoms with E-state index in [1.54, 1.807) is 24.3 Å². The Morgan fingerprint density at radius 1 is 0.947 bits per heavy atom. The Hall–Kier alpha value is -1.72. The number of hydrogen-bond donors (Lipinski definition) is 0. The summed E-state index contributed by atoms with van der Waals surface area (Å²) in [6.45, 7) is 4.17. The van der Waals surface area contributed by atoms with Crippen molar-refractivity contribution in [1.82, 2.24) is 4.90 Å². The van der Waals surface area contributed by atoms with Gasteiger partial charge in [-0.05, 0) is 19.1 Å². The Morgan fingerprint density at radius 2 is 1.53 bits per heavy atom. The maximum absolute atomic E-state index is 12.0. The van der Waals surface area contributed by atoms with Gasteiger partial charge in [-0.1, -0.05) is 12.1 Å². The Morgan fingerprint density at radius 3 is 2.11 bits per heavy atom. The molecule has 0 fully saturated rings. The van der Waals surface area contributed by atoms with Gasteiger partial charge in [0, 0.05) is 6.61 Å². The van der Waals surface area contributed by atoms with Gasteiger partial charge in [-0.3, -0.25) is 14.5 Å². The van der Waals surface area contributed by atoms with Gasteiger partial charge >= 0.3 is 0 Å². The van der Waals surface area contributed by atoms with Crippen LogP contribution >= 0.6 is 0 Å². The SMILES string of the molecule is CCOCCOCCN1C(=O)c2ccccc2C1=O. The van der Waals surface area contributed by atoms with Gasteiger partial charge in [0.1, 0.15) is 0 Å². The van der Waals surface area contributed by atoms with Crippen molar-refractivity contribution in [1.29, 1.82) is 0 Å². The highest BCUT2D eigenvalue weighted by Gasteiger charge is 2.34. The van der Waals surface area contributed by atoms with E-state index in [9.17, 15) is 9.59 Å². The largest absolute Gasteiger partial charge is 0.379 e. The molecular formula is C14H17NO4. The molecule has 0 N–H and O–H groups in total. The van der Waals surface area contributed by atoms with E-state index >= 15 is 0 Å². The van der Waals surface area contributed by atoms with Gasteiger partial charge in [0.2, 0.25) is 0 Å². The van der Waals surface area contributed by atoms with Crippen LogP contribution < -0.4 is 0 Å². The molecule has 19 heavy (non-hydrogen) atoms. The van der Waals surface area contributed by atoms with Crippen LogP contribution in [0.15, 0.2) is 24.3 Å². The fraction of sp³-hybridized carbons (Fsp3) is 0.429. The van der Waals surface area contributed by atoms with E-state index in [4.69, 9.17) is 9.47 Å². The molecule has 2 rings (SSSR count). The summed E-state index contributed by atoms with van der Waals surface area (Å²) in [6, 6.07) is 6.86. The number of amides is 2. The summed E-state index contributed by atoms with van der Waals surface area (Å²) >= 11 is 0. The zero-order chi connectivity index (χ0) is 13.7. The van der Waals surface area contributed by atoms with E-state index in [2.05, 4.69) is 0 Å². The van der Waals surface area contributed by atoms with Crippen molar-refractivity contribution in [2.45, 2.75) is 6.92 Å². The van der Waals surface area contributed by atoms with Crippen molar-refractivity contribution in [3.63, 3.8) is 0 Å². The van der Waals surface area contributed by atoms with Gasteiger partial charge in [0.25, 0.3) is 11.8 Å². The highest BCUT2D eigenvalue weighted by molar-refractivity contribution is 6.21. The molecule has 5 heteroatoms. The Kier molecular flexibility index (Phi) is 4.65. The molecule has 1 aromatic rings. The predicted octanol–water partition coefficient (Wildman–Crippen LogP) is 1.34. The van der Waals surface area contributed by atoms with E-state index in [0.29, 0.717) is 37.6 Å². The number of ether oxygens (including phenoxy) is 2. The van der Waals surface area contributed by atoms with E-state index in [-0.39, 0.29) is 18.4 Å². The minimum Gasteiger partial charge on any atom is -0.379 e. The lowest BCUT2D eigenvalue weighted by atomic mass is 10.1. The van der Waals surface area contributed by atoms with Crippen molar-refractivity contribution < 1.29 is 19.1 Å². The van der Waals surface area contributed by atoms with Gasteiger partial charge in [-0.15, -0.1) is 0 Å². The average Bonchev–Trinajstić information content (AvgIpc) is 2.68. The minimum atomic E-state index is -0.242. The molecule has 0 atom stereocenters. The number of fused-ring (bicyclic) bond motifs is 1. The van der Waals surface area contributed by atoms with E-state index in [0.717, 1.165) is 0 Å². The second-order valence-corrected chi connectivity index (χ2v) is 4.12. The van der Waals surface area contributed by atoms with Gasteiger partial charge in [0.05, 0.1) is 37.5 Å². The Labute approximate surface area is 112 Å². The molecule has 0 radical (unpaired) electrons. The molecule has 0 aromatic heterocycles. The fourth-order valence-electron chi connectivity index (χ4n) is 1.96. The normalized spacial score (nSPS) is 14.1. The first kappa shape index (κ1) is 13.7. The van der Waals surface area contributed by atoms with Crippen LogP contribution in [0, 0.1) is 0 Å². The Balaban J connectivity index is 1.83. The third kappa shape index (κ3) is 3.00. The summed E-state index contributed by atoms with van der Waals surface area (Å²) in [5.74, 6) is -0.483. The molecule has 102 valence electrons. The Bertz CT molecular complexity index is 437. The molecule has 1 aliphatic rings. The molecule has 0 aliphatic carbocycles. The highest BCUT2D eigenvalue weighted by Crippen LogP contribution is 2.21. The van der Waals surface area contributed by atoms with Gasteiger partial charge in [-0.25, -0.2) is 0 Å². The number of nitrogens with zero attached hydrogens (tertiary/aromatic N) is 1. The van der Waals surface area contributed by atoms with Crippen LogP contribution in [-0.4, -0.2) is 49.7 Å². The lowest BCUT2D eigenvalue weighted by Crippen LogP contribution is -2.33. The first-order chi connectivity index (χ1) is 9.25. The van der Waals surface area contributed by atoms with Crippen molar-refractivity contribution in [2.75, 3.05) is 33.0 Å². The van der Waals surface area contributed by atoms with Crippen LogP contribution in [0.5, 0.6) is 0 Å². The van der Waals surface area contributed by atoms with Crippen LogP contribution in [0.4, 0.5) is 0 Å². The second-order valence-electron chi connectivity index (χ2n) is 4.12. The third-order valence-electron chi connectivity index (χ3n) is 2.91. The lowest BCUT2D eigenvalue weighted by molar-refractivity contribution is 0.0384. The molecular weight excluding hydrogens is 246 g/mol. The van der Waals surface area contributed by atoms with E-state index < -0.39 is 0 Å². The summed E-state index contributed by atoms with van der Waals surface area (Å²) < 4.78 is 10.4. The summed E-state index contributed by atoms with van der Waals surface area (Å²) in [5, 5.41) is 0. The molecule has 1 aliphatic heterocycles. The number of carbonyl (C=O) groups excluding carboxylic acids is 2. The number of rotatable bonds is 7. The maximum Gasteiger partial charge on any atom is 0.261 e. The van der Waals surface area contributed by atoms with Crippen LogP contribution in [0.1, 0.15) is 27.6 Å². The number of benzene rings is 1. The molecule has 5 nitrogen and oxygen atoms in total. The standard InChI is InChI=1S/C14H17NO4/c1-2-18-9-10-19-8-7-15-13(16)11-5-3-4-6-12(11)14(15)17/h3-6H,2,7-10H2,1H3. The average molecular weight is 263 g/mol. The van der Waals surface area contributed by atoms with Crippen LogP contribution in [0.3, 0.4) is 0 Å². The van der Waals surface area contributed by atoms with Crippen molar-refractivity contribution >= 4 is 11.8 Å². The summed E-state index contributed by atoms with van der Waals surface area (Å²) in [7, 11) is 0. The molecule has 2 amide bonds. The van der Waals surface area contributed by atoms with Gasteiger partial charge in [-0.2, -0.15) is 0 Å². The number of hydrogen-bond acceptors (Lipinski definition) is 4. The van der Waals surface area contributed by atoms with Crippen molar-refractivity contribution in [3.8, 4) is 0 Å². The van der Waals surface area contributed by atoms with Crippen LogP contribution in [0.25, 0.3) is 0 Å². The first-order valence-electron chi connectivity index (χ1n) is 6.36. The van der Waals surface area contributed by atoms with Gasteiger partial charge < -0.3 is 9.47 Å². The summed E-state index contributed by atoms with van der Waals surface area (Å²) in [6.07, 6.45) is 0. The molecule has 0 saturated heterocycles. The smallest absolute Gasteiger partial charge is 0.261 e. The fourth-order valence-corrected chi connectivity index (χ4v) is 1.96. The van der Waals surface area contributed by atoms with Gasteiger partial charge in [0.15, 0.2) is 0 Å². The monoisotopic (exact) mass is 263 g/mol. The topological polar surface area (TPSA) is 55.8 Å². The van der Waals surface area contributed by atoms with Crippen molar-refractivity contribution in [2.24, 2.45) is 0 Å². The molecule has 0 bridgehead atoms. The summed E-state index contributed by atoms with van der Waals surface area (Å²) in [4.78, 5) is 25.2. The maximum atomic E-state index is 12.0. The quantitative estimate of drug-likeness (QED) is 0.550. The van der Waals surface area contributed by atoms with Crippen LogP contribution in [-0.2, 0) is 9.47 Å².